The molecule has 0 spiro atoms. The molecule has 0 saturated heterocycles. The maximum absolute atomic E-state index is 9.14. The van der Waals surface area contributed by atoms with Gasteiger partial charge in [-0.2, -0.15) is 10.5 Å². The lowest BCUT2D eigenvalue weighted by atomic mass is 10.1. The van der Waals surface area contributed by atoms with E-state index in [4.69, 9.17) is 20.7 Å². The van der Waals surface area contributed by atoms with Crippen molar-refractivity contribution in [2.75, 3.05) is 0 Å². The third kappa shape index (κ3) is 1.82. The summed E-state index contributed by atoms with van der Waals surface area (Å²) in [5.41, 5.74) is 0.534. The van der Waals surface area contributed by atoms with Crippen molar-refractivity contribution in [1.82, 2.24) is 0 Å². The van der Waals surface area contributed by atoms with Crippen LogP contribution in [0.25, 0.3) is 5.57 Å². The highest BCUT2D eigenvalue weighted by Gasteiger charge is 2.04. The monoisotopic (exact) mass is 186 g/mol. The molecule has 0 amide bonds. The number of rotatable bonds is 1. The first-order valence-electron chi connectivity index (χ1n) is 3.71. The quantitative estimate of drug-likeness (QED) is 0.514. The van der Waals surface area contributed by atoms with E-state index >= 15 is 0 Å². The molecular formula is C10H6N2O2. The topological polar surface area (TPSA) is 88.0 Å². The highest BCUT2D eigenvalue weighted by atomic mass is 16.3. The summed E-state index contributed by atoms with van der Waals surface area (Å²) >= 11 is 0. The summed E-state index contributed by atoms with van der Waals surface area (Å²) in [6.07, 6.45) is 1.08. The van der Waals surface area contributed by atoms with E-state index in [9.17, 15) is 0 Å². The van der Waals surface area contributed by atoms with Gasteiger partial charge in [0.05, 0.1) is 11.6 Å². The molecule has 68 valence electrons. The zero-order valence-corrected chi connectivity index (χ0v) is 7.10. The van der Waals surface area contributed by atoms with Crippen LogP contribution in [0.3, 0.4) is 0 Å². The number of nitriles is 2. The fourth-order valence-electron chi connectivity index (χ4n) is 0.936. The summed E-state index contributed by atoms with van der Waals surface area (Å²) in [6.45, 7) is 0. The maximum Gasteiger partial charge on any atom is 0.158 e. The Hall–Kier alpha value is -2.46. The molecule has 0 aliphatic carbocycles. The fourth-order valence-corrected chi connectivity index (χ4v) is 0.936. The van der Waals surface area contributed by atoms with Crippen LogP contribution in [0.2, 0.25) is 0 Å². The standard InChI is InChI=1S/C10H6N2O2/c11-4-3-8(6-12)7-1-2-9(13)10(14)5-7/h1-3,5,13-14H. The Balaban J connectivity index is 3.23. The van der Waals surface area contributed by atoms with Crippen LogP contribution in [0.4, 0.5) is 0 Å². The molecule has 0 saturated carbocycles. The van der Waals surface area contributed by atoms with E-state index in [1.54, 1.807) is 6.07 Å². The summed E-state index contributed by atoms with van der Waals surface area (Å²) in [7, 11) is 0. The zero-order valence-electron chi connectivity index (χ0n) is 7.10. The van der Waals surface area contributed by atoms with Gasteiger partial charge in [0, 0.05) is 6.08 Å². The second kappa shape index (κ2) is 3.97. The average Bonchev–Trinajstić information content (AvgIpc) is 2.19. The molecule has 0 heterocycles. The molecule has 2 N–H and O–H groups in total. The molecule has 0 bridgehead atoms. The highest BCUT2D eigenvalue weighted by molar-refractivity contribution is 5.79. The number of hydrogen-bond donors (Lipinski definition) is 2. The van der Waals surface area contributed by atoms with Gasteiger partial charge in [-0.05, 0) is 23.8 Å². The number of phenolic OH excluding ortho intramolecular Hbond substituents is 2. The largest absolute Gasteiger partial charge is 0.504 e. The molecular weight excluding hydrogens is 180 g/mol. The Morgan fingerprint density at radius 2 is 1.93 bits per heavy atom. The molecule has 0 unspecified atom stereocenters. The fraction of sp³-hybridized carbons (Fsp3) is 0. The number of aromatic hydroxyl groups is 2. The van der Waals surface area contributed by atoms with Crippen molar-refractivity contribution in [1.29, 1.82) is 10.5 Å². The van der Waals surface area contributed by atoms with Gasteiger partial charge < -0.3 is 10.2 Å². The second-order valence-electron chi connectivity index (χ2n) is 2.50. The van der Waals surface area contributed by atoms with Gasteiger partial charge in [-0.15, -0.1) is 0 Å². The minimum absolute atomic E-state index is 0.141. The number of allylic oxidation sites excluding steroid dienone is 2. The molecule has 4 heteroatoms. The number of hydrogen-bond acceptors (Lipinski definition) is 4. The number of benzene rings is 1. The van der Waals surface area contributed by atoms with Crippen LogP contribution >= 0.6 is 0 Å². The first-order chi connectivity index (χ1) is 6.69. The van der Waals surface area contributed by atoms with Crippen LogP contribution in [0, 0.1) is 22.7 Å². The van der Waals surface area contributed by atoms with E-state index in [2.05, 4.69) is 0 Å². The normalized spacial score (nSPS) is 10.3. The van der Waals surface area contributed by atoms with Gasteiger partial charge in [-0.1, -0.05) is 0 Å². The van der Waals surface area contributed by atoms with Gasteiger partial charge >= 0.3 is 0 Å². The van der Waals surface area contributed by atoms with Crippen molar-refractivity contribution in [3.05, 3.63) is 29.8 Å². The van der Waals surface area contributed by atoms with Crippen LogP contribution in [0.1, 0.15) is 5.56 Å². The minimum Gasteiger partial charge on any atom is -0.504 e. The molecule has 1 aromatic carbocycles. The molecule has 0 aliphatic heterocycles. The van der Waals surface area contributed by atoms with Crippen molar-refractivity contribution in [2.45, 2.75) is 0 Å². The number of nitrogens with zero attached hydrogens (tertiary/aromatic N) is 2. The summed E-state index contributed by atoms with van der Waals surface area (Å²) < 4.78 is 0. The molecule has 0 aliphatic rings. The molecule has 0 fully saturated rings. The first-order valence-corrected chi connectivity index (χ1v) is 3.71. The van der Waals surface area contributed by atoms with Crippen LogP contribution in [0.5, 0.6) is 11.5 Å². The van der Waals surface area contributed by atoms with Crippen molar-refractivity contribution < 1.29 is 10.2 Å². The Kier molecular flexibility index (Phi) is 2.73. The van der Waals surface area contributed by atoms with Gasteiger partial charge in [-0.25, -0.2) is 0 Å². The smallest absolute Gasteiger partial charge is 0.158 e. The molecule has 0 atom stereocenters. The lowest BCUT2D eigenvalue weighted by Gasteiger charge is -2.00. The van der Waals surface area contributed by atoms with E-state index in [-0.39, 0.29) is 17.1 Å². The van der Waals surface area contributed by atoms with Gasteiger partial charge in [0.25, 0.3) is 0 Å². The Morgan fingerprint density at radius 1 is 1.21 bits per heavy atom. The van der Waals surface area contributed by atoms with E-state index in [0.29, 0.717) is 5.56 Å². The number of phenols is 2. The summed E-state index contributed by atoms with van der Waals surface area (Å²) in [4.78, 5) is 0. The highest BCUT2D eigenvalue weighted by Crippen LogP contribution is 2.27. The second-order valence-corrected chi connectivity index (χ2v) is 2.50. The van der Waals surface area contributed by atoms with Crippen LogP contribution in [-0.2, 0) is 0 Å². The zero-order chi connectivity index (χ0) is 10.6. The molecule has 0 radical (unpaired) electrons. The Labute approximate surface area is 80.6 Å². The van der Waals surface area contributed by atoms with E-state index in [0.717, 1.165) is 6.08 Å². The van der Waals surface area contributed by atoms with Crippen molar-refractivity contribution in [2.24, 2.45) is 0 Å². The minimum atomic E-state index is -0.318. The first kappa shape index (κ1) is 9.63. The third-order valence-electron chi connectivity index (χ3n) is 1.62. The van der Waals surface area contributed by atoms with Gasteiger partial charge in [0.15, 0.2) is 11.5 Å². The Morgan fingerprint density at radius 3 is 2.43 bits per heavy atom. The van der Waals surface area contributed by atoms with Crippen LogP contribution < -0.4 is 0 Å². The summed E-state index contributed by atoms with van der Waals surface area (Å²) in [5.74, 6) is -0.579. The van der Waals surface area contributed by atoms with Crippen molar-refractivity contribution in [3.8, 4) is 23.6 Å². The predicted octanol–water partition coefficient (Wildman–Crippen LogP) is 1.53. The third-order valence-corrected chi connectivity index (χ3v) is 1.62. The molecule has 0 aromatic heterocycles. The van der Waals surface area contributed by atoms with Crippen LogP contribution in [0.15, 0.2) is 24.3 Å². The molecule has 1 aromatic rings. The lowest BCUT2D eigenvalue weighted by Crippen LogP contribution is -1.80. The predicted molar refractivity (Wildman–Crippen MR) is 49.0 cm³/mol. The van der Waals surface area contributed by atoms with Gasteiger partial charge in [-0.3, -0.25) is 0 Å². The summed E-state index contributed by atoms with van der Waals surface area (Å²) in [5, 5.41) is 35.2. The van der Waals surface area contributed by atoms with E-state index in [1.807, 2.05) is 6.07 Å². The molecule has 4 nitrogen and oxygen atoms in total. The maximum atomic E-state index is 9.14. The van der Waals surface area contributed by atoms with Crippen LogP contribution in [-0.4, -0.2) is 10.2 Å². The SMILES string of the molecule is N#CC=C(C#N)c1ccc(O)c(O)c1. The van der Waals surface area contributed by atoms with E-state index < -0.39 is 0 Å². The van der Waals surface area contributed by atoms with Crippen molar-refractivity contribution >= 4 is 5.57 Å². The van der Waals surface area contributed by atoms with Crippen molar-refractivity contribution in [3.63, 3.8) is 0 Å². The van der Waals surface area contributed by atoms with Gasteiger partial charge in [0.2, 0.25) is 0 Å². The molecule has 14 heavy (non-hydrogen) atoms. The van der Waals surface area contributed by atoms with E-state index in [1.165, 1.54) is 18.2 Å². The average molecular weight is 186 g/mol. The van der Waals surface area contributed by atoms with Gasteiger partial charge in [0.1, 0.15) is 6.07 Å². The Bertz CT molecular complexity index is 464. The molecule has 1 rings (SSSR count). The summed E-state index contributed by atoms with van der Waals surface area (Å²) in [6, 6.07) is 7.46. The lowest BCUT2D eigenvalue weighted by molar-refractivity contribution is 0.403.